The van der Waals surface area contributed by atoms with E-state index in [2.05, 4.69) is 4.52 Å². The molecule has 0 bridgehead atoms. The van der Waals surface area contributed by atoms with E-state index in [1.807, 2.05) is 0 Å². The van der Waals surface area contributed by atoms with Gasteiger partial charge in [-0.3, -0.25) is 4.57 Å². The molecule has 0 aromatic heterocycles. The Morgan fingerprint density at radius 2 is 1.94 bits per heavy atom. The number of phosphoric acid groups is 1. The summed E-state index contributed by atoms with van der Waals surface area (Å²) < 4.78 is 15.1. The first kappa shape index (κ1) is 16.0. The van der Waals surface area contributed by atoms with Crippen LogP contribution in [0.3, 0.4) is 0 Å². The first-order valence-corrected chi connectivity index (χ1v) is 6.34. The zero-order chi connectivity index (χ0) is 13.0. The highest BCUT2D eigenvalue weighted by Crippen LogP contribution is 2.31. The van der Waals surface area contributed by atoms with Gasteiger partial charge in [-0.2, -0.15) is 0 Å². The van der Waals surface area contributed by atoms with Crippen molar-refractivity contribution in [1.29, 1.82) is 0 Å². The van der Waals surface area contributed by atoms with Gasteiger partial charge >= 0.3 is 0 Å². The molecule has 0 aromatic carbocycles. The average Bonchev–Trinajstić information content (AvgIpc) is 2.08. The molecule has 0 amide bonds. The quantitative estimate of drug-likeness (QED) is 0.370. The van der Waals surface area contributed by atoms with Crippen LogP contribution in [0.1, 0.15) is 6.42 Å². The molecule has 3 N–H and O–H groups in total. The number of nitrogens with zero attached hydrogens (tertiary/aromatic N) is 1. The van der Waals surface area contributed by atoms with E-state index in [-0.39, 0.29) is 19.1 Å². The molecule has 0 rings (SSSR count). The first-order valence-electron chi connectivity index (χ1n) is 4.84. The number of hydrogen-bond acceptors (Lipinski definition) is 5. The number of quaternary nitrogens is 1. The van der Waals surface area contributed by atoms with Gasteiger partial charge in [-0.05, 0) is 0 Å². The Kier molecular flexibility index (Phi) is 6.06. The van der Waals surface area contributed by atoms with E-state index in [0.29, 0.717) is 4.48 Å². The summed E-state index contributed by atoms with van der Waals surface area (Å²) in [6.07, 6.45) is -0.754. The Morgan fingerprint density at radius 3 is 2.25 bits per heavy atom. The predicted molar refractivity (Wildman–Crippen MR) is 55.3 cm³/mol. The minimum absolute atomic E-state index is 0.181. The van der Waals surface area contributed by atoms with Crippen molar-refractivity contribution >= 4 is 7.82 Å². The maximum absolute atomic E-state index is 10.5. The van der Waals surface area contributed by atoms with E-state index in [1.165, 1.54) is 0 Å². The second kappa shape index (κ2) is 6.07. The summed E-state index contributed by atoms with van der Waals surface area (Å²) >= 11 is 0. The summed E-state index contributed by atoms with van der Waals surface area (Å²) in [5, 5.41) is 18.0. The third-order valence-corrected chi connectivity index (χ3v) is 2.76. The van der Waals surface area contributed by atoms with Crippen LogP contribution in [-0.4, -0.2) is 66.1 Å². The molecule has 0 aliphatic heterocycles. The maximum Gasteiger partial charge on any atom is 0.265 e. The Hall–Kier alpha value is -0.0100. The Morgan fingerprint density at radius 1 is 1.44 bits per heavy atom. The van der Waals surface area contributed by atoms with Crippen molar-refractivity contribution < 1.29 is 33.6 Å². The number of aliphatic hydroxyl groups is 2. The lowest BCUT2D eigenvalue weighted by Gasteiger charge is -2.35. The molecule has 0 fully saturated rings. The van der Waals surface area contributed by atoms with Crippen molar-refractivity contribution in [3.8, 4) is 0 Å². The Bertz CT molecular complexity index is 247. The summed E-state index contributed by atoms with van der Waals surface area (Å²) in [4.78, 5) is 18.9. The molecule has 3 unspecified atom stereocenters. The van der Waals surface area contributed by atoms with Gasteiger partial charge in [0.25, 0.3) is 7.82 Å². The Labute approximate surface area is 95.1 Å². The largest absolute Gasteiger partial charge is 0.756 e. The molecule has 0 saturated carbocycles. The lowest BCUT2D eigenvalue weighted by atomic mass is 10.1. The summed E-state index contributed by atoms with van der Waals surface area (Å²) in [7, 11) is 0.645. The van der Waals surface area contributed by atoms with Gasteiger partial charge in [0.05, 0.1) is 33.9 Å². The van der Waals surface area contributed by atoms with Crippen LogP contribution in [0.15, 0.2) is 0 Å². The maximum atomic E-state index is 10.5. The summed E-state index contributed by atoms with van der Waals surface area (Å²) in [6.45, 7) is -0.636. The summed E-state index contributed by atoms with van der Waals surface area (Å²) in [5.74, 6) is 0. The normalized spacial score (nSPS) is 20.2. The van der Waals surface area contributed by atoms with E-state index in [4.69, 9.17) is 10.00 Å². The topological polar surface area (TPSA) is 110 Å². The minimum Gasteiger partial charge on any atom is -0.756 e. The van der Waals surface area contributed by atoms with E-state index < -0.39 is 20.5 Å². The van der Waals surface area contributed by atoms with Gasteiger partial charge in [0.1, 0.15) is 12.6 Å². The molecule has 0 saturated heterocycles. The van der Waals surface area contributed by atoms with Gasteiger partial charge in [0, 0.05) is 6.42 Å². The minimum atomic E-state index is -4.75. The highest BCUT2D eigenvalue weighted by Gasteiger charge is 2.27. The zero-order valence-corrected chi connectivity index (χ0v) is 10.6. The number of phosphoric ester groups is 1. The number of likely N-dealkylation sites (N-methyl/N-ethyl adjacent to an activating group) is 1. The average molecular weight is 257 g/mol. The second-order valence-corrected chi connectivity index (χ2v) is 5.80. The second-order valence-electron chi connectivity index (χ2n) is 4.61. The number of aliphatic hydroxyl groups excluding tert-OH is 2. The molecule has 98 valence electrons. The van der Waals surface area contributed by atoms with Crippen LogP contribution in [0.5, 0.6) is 0 Å². The van der Waals surface area contributed by atoms with Gasteiger partial charge in [-0.25, -0.2) is 0 Å². The van der Waals surface area contributed by atoms with Crippen LogP contribution < -0.4 is 4.89 Å². The van der Waals surface area contributed by atoms with Crippen molar-refractivity contribution in [3.05, 3.63) is 0 Å². The van der Waals surface area contributed by atoms with Crippen molar-refractivity contribution in [2.24, 2.45) is 0 Å². The van der Waals surface area contributed by atoms with Crippen LogP contribution in [0.4, 0.5) is 0 Å². The van der Waals surface area contributed by atoms with Crippen LogP contribution in [-0.2, 0) is 9.09 Å². The van der Waals surface area contributed by atoms with Crippen molar-refractivity contribution in [2.45, 2.75) is 18.6 Å². The van der Waals surface area contributed by atoms with Crippen LogP contribution in [0.25, 0.3) is 0 Å². The SMILES string of the molecule is C[N+](C)(C)C(COP(=O)([O-])O)CC(O)CO. The fraction of sp³-hybridized carbons (Fsp3) is 1.00. The molecule has 7 nitrogen and oxygen atoms in total. The van der Waals surface area contributed by atoms with Gasteiger partial charge in [0.2, 0.25) is 0 Å². The molecule has 0 radical (unpaired) electrons. The van der Waals surface area contributed by atoms with Crippen LogP contribution >= 0.6 is 7.82 Å². The summed E-state index contributed by atoms with van der Waals surface area (Å²) in [5.41, 5.74) is 0. The monoisotopic (exact) mass is 257 g/mol. The molecule has 0 spiro atoms. The van der Waals surface area contributed by atoms with Crippen LogP contribution in [0.2, 0.25) is 0 Å². The van der Waals surface area contributed by atoms with Gasteiger partial charge in [-0.15, -0.1) is 0 Å². The molecular formula is C8H20NO6P. The van der Waals surface area contributed by atoms with Crippen molar-refractivity contribution in [2.75, 3.05) is 34.4 Å². The van der Waals surface area contributed by atoms with Crippen molar-refractivity contribution in [3.63, 3.8) is 0 Å². The molecule has 0 aliphatic rings. The third kappa shape index (κ3) is 7.29. The van der Waals surface area contributed by atoms with E-state index in [0.717, 1.165) is 0 Å². The number of rotatable bonds is 7. The van der Waals surface area contributed by atoms with E-state index >= 15 is 0 Å². The first-order chi connectivity index (χ1) is 7.06. The third-order valence-electron chi connectivity index (χ3n) is 2.28. The van der Waals surface area contributed by atoms with E-state index in [9.17, 15) is 14.6 Å². The summed E-state index contributed by atoms with van der Waals surface area (Å²) in [6, 6.07) is -0.350. The molecule has 16 heavy (non-hydrogen) atoms. The number of hydrogen-bond donors (Lipinski definition) is 3. The fourth-order valence-electron chi connectivity index (χ4n) is 1.18. The lowest BCUT2D eigenvalue weighted by molar-refractivity contribution is -0.897. The van der Waals surface area contributed by atoms with Crippen molar-refractivity contribution in [1.82, 2.24) is 0 Å². The smallest absolute Gasteiger partial charge is 0.265 e. The lowest BCUT2D eigenvalue weighted by Crippen LogP contribution is -2.49. The molecular weight excluding hydrogens is 237 g/mol. The molecule has 0 aliphatic carbocycles. The van der Waals surface area contributed by atoms with Gasteiger partial charge in [0.15, 0.2) is 0 Å². The highest BCUT2D eigenvalue weighted by atomic mass is 31.2. The van der Waals surface area contributed by atoms with Crippen LogP contribution in [0, 0.1) is 0 Å². The molecule has 0 heterocycles. The predicted octanol–water partition coefficient (Wildman–Crippen LogP) is -1.72. The van der Waals surface area contributed by atoms with Gasteiger partial charge in [-0.1, -0.05) is 0 Å². The molecule has 8 heteroatoms. The zero-order valence-electron chi connectivity index (χ0n) is 9.74. The van der Waals surface area contributed by atoms with Gasteiger partial charge < -0.3 is 29.0 Å². The molecule has 3 atom stereocenters. The van der Waals surface area contributed by atoms with E-state index in [1.54, 1.807) is 21.1 Å². The Balaban J connectivity index is 4.40. The highest BCUT2D eigenvalue weighted by molar-refractivity contribution is 7.44. The standard InChI is InChI=1S/C8H20NO6P/c1-9(2,3)7(4-8(11)5-10)6-15-16(12,13)14/h7-8,10-11H,4-6H2,1-3H3,(H-,12,13,14). The fourth-order valence-corrected chi connectivity index (χ4v) is 1.54. The molecule has 0 aromatic rings.